The van der Waals surface area contributed by atoms with Crippen molar-refractivity contribution in [1.29, 1.82) is 0 Å². The van der Waals surface area contributed by atoms with Crippen LogP contribution in [0.25, 0.3) is 0 Å². The third-order valence-electron chi connectivity index (χ3n) is 2.86. The summed E-state index contributed by atoms with van der Waals surface area (Å²) < 4.78 is 5.55. The summed E-state index contributed by atoms with van der Waals surface area (Å²) in [6.45, 7) is 0.389. The topological polar surface area (TPSA) is 71.3 Å². The average Bonchev–Trinajstić information content (AvgIpc) is 2.93. The Kier molecular flexibility index (Phi) is 6.03. The van der Waals surface area contributed by atoms with Crippen LogP contribution in [0.15, 0.2) is 45.5 Å². The highest BCUT2D eigenvalue weighted by atomic mass is 79.9. The molecule has 0 spiro atoms. The smallest absolute Gasteiger partial charge is 0.287 e. The van der Waals surface area contributed by atoms with Gasteiger partial charge in [0.15, 0.2) is 10.4 Å². The lowest BCUT2D eigenvalue weighted by Gasteiger charge is -2.06. The summed E-state index contributed by atoms with van der Waals surface area (Å²) in [7, 11) is 0. The molecule has 0 aliphatic rings. The lowest BCUT2D eigenvalue weighted by molar-refractivity contribution is -0.120. The molecular formula is C15H14BrClN2O3. The molecule has 0 radical (unpaired) electrons. The molecule has 22 heavy (non-hydrogen) atoms. The van der Waals surface area contributed by atoms with Crippen molar-refractivity contribution in [3.8, 4) is 0 Å². The number of hydrogen-bond donors (Lipinski definition) is 2. The molecule has 7 heteroatoms. The van der Waals surface area contributed by atoms with Crippen molar-refractivity contribution in [2.24, 2.45) is 0 Å². The summed E-state index contributed by atoms with van der Waals surface area (Å²) >= 11 is 8.91. The van der Waals surface area contributed by atoms with E-state index >= 15 is 0 Å². The van der Waals surface area contributed by atoms with Crippen LogP contribution in [0.4, 0.5) is 0 Å². The van der Waals surface area contributed by atoms with E-state index in [1.807, 2.05) is 12.1 Å². The number of carbonyl (C=O) groups is 2. The first-order valence-electron chi connectivity index (χ1n) is 6.59. The molecule has 5 nitrogen and oxygen atoms in total. The molecule has 2 amide bonds. The van der Waals surface area contributed by atoms with Gasteiger partial charge in [0.25, 0.3) is 5.91 Å². The molecule has 0 fully saturated rings. The van der Waals surface area contributed by atoms with E-state index in [4.69, 9.17) is 16.0 Å². The maximum absolute atomic E-state index is 11.7. The number of amides is 2. The van der Waals surface area contributed by atoms with Crippen molar-refractivity contribution in [3.63, 3.8) is 0 Å². The molecule has 1 aromatic carbocycles. The van der Waals surface area contributed by atoms with Gasteiger partial charge in [-0.15, -0.1) is 0 Å². The molecule has 116 valence electrons. The minimum atomic E-state index is -0.432. The Hall–Kier alpha value is -1.79. The molecule has 2 rings (SSSR count). The van der Waals surface area contributed by atoms with Gasteiger partial charge in [0.05, 0.1) is 6.54 Å². The fourth-order valence-electron chi connectivity index (χ4n) is 1.74. The maximum Gasteiger partial charge on any atom is 0.287 e. The number of hydrogen-bond acceptors (Lipinski definition) is 3. The zero-order valence-electron chi connectivity index (χ0n) is 11.6. The molecule has 0 bridgehead atoms. The summed E-state index contributed by atoms with van der Waals surface area (Å²) in [6.07, 6.45) is 0.696. The fraction of sp³-hybridized carbons (Fsp3) is 0.200. The molecule has 1 aromatic heterocycles. The Morgan fingerprint density at radius 3 is 2.45 bits per heavy atom. The van der Waals surface area contributed by atoms with Crippen LogP contribution in [0.5, 0.6) is 0 Å². The predicted octanol–water partition coefficient (Wildman–Crippen LogP) is 2.78. The summed E-state index contributed by atoms with van der Waals surface area (Å²) in [4.78, 5) is 23.3. The van der Waals surface area contributed by atoms with Gasteiger partial charge in [-0.25, -0.2) is 0 Å². The number of furan rings is 1. The Bertz CT molecular complexity index is 655. The first-order valence-corrected chi connectivity index (χ1v) is 7.76. The van der Waals surface area contributed by atoms with Gasteiger partial charge in [-0.2, -0.15) is 0 Å². The van der Waals surface area contributed by atoms with Crippen LogP contribution in [-0.2, 0) is 11.2 Å². The van der Waals surface area contributed by atoms with Gasteiger partial charge >= 0.3 is 0 Å². The van der Waals surface area contributed by atoms with Gasteiger partial charge < -0.3 is 15.1 Å². The quantitative estimate of drug-likeness (QED) is 0.803. The summed E-state index contributed by atoms with van der Waals surface area (Å²) in [6, 6.07) is 10.6. The second-order valence-electron chi connectivity index (χ2n) is 4.51. The maximum atomic E-state index is 11.7. The first kappa shape index (κ1) is 16.6. The first-order chi connectivity index (χ1) is 10.5. The minimum Gasteiger partial charge on any atom is -0.444 e. The molecule has 2 N–H and O–H groups in total. The monoisotopic (exact) mass is 384 g/mol. The van der Waals surface area contributed by atoms with Crippen LogP contribution in [-0.4, -0.2) is 24.9 Å². The second-order valence-corrected chi connectivity index (χ2v) is 5.73. The number of nitrogens with one attached hydrogen (secondary N) is 2. The lowest BCUT2D eigenvalue weighted by atomic mass is 10.1. The molecule has 0 atom stereocenters. The lowest BCUT2D eigenvalue weighted by Crippen LogP contribution is -2.37. The Balaban J connectivity index is 1.67. The van der Waals surface area contributed by atoms with Crippen molar-refractivity contribution in [2.45, 2.75) is 6.42 Å². The third-order valence-corrected chi connectivity index (χ3v) is 3.53. The highest BCUT2D eigenvalue weighted by Gasteiger charge is 2.11. The Morgan fingerprint density at radius 2 is 1.82 bits per heavy atom. The molecule has 0 aliphatic heterocycles. The Labute approximate surface area is 141 Å². The van der Waals surface area contributed by atoms with Gasteiger partial charge in [-0.1, -0.05) is 23.7 Å². The average molecular weight is 386 g/mol. The van der Waals surface area contributed by atoms with Crippen molar-refractivity contribution >= 4 is 39.3 Å². The molecule has 1 heterocycles. The van der Waals surface area contributed by atoms with Crippen LogP contribution in [0.2, 0.25) is 5.02 Å². The minimum absolute atomic E-state index is 0.0994. The Morgan fingerprint density at radius 1 is 1.09 bits per heavy atom. The van der Waals surface area contributed by atoms with Crippen LogP contribution in [0.3, 0.4) is 0 Å². The van der Waals surface area contributed by atoms with Gasteiger partial charge in [0, 0.05) is 11.6 Å². The van der Waals surface area contributed by atoms with Crippen molar-refractivity contribution < 1.29 is 14.0 Å². The van der Waals surface area contributed by atoms with Crippen molar-refractivity contribution in [3.05, 3.63) is 57.4 Å². The molecule has 0 saturated carbocycles. The summed E-state index contributed by atoms with van der Waals surface area (Å²) in [5, 5.41) is 5.90. The molecular weight excluding hydrogens is 372 g/mol. The van der Waals surface area contributed by atoms with E-state index in [9.17, 15) is 9.59 Å². The number of rotatable bonds is 6. The molecule has 2 aromatic rings. The van der Waals surface area contributed by atoms with Crippen LogP contribution in [0.1, 0.15) is 16.1 Å². The standard InChI is InChI=1S/C15H14BrClN2O3/c16-13-6-5-12(22-13)15(21)19-9-14(20)18-8-7-10-1-3-11(17)4-2-10/h1-6H,7-9H2,(H,18,20)(H,19,21). The molecule has 0 saturated heterocycles. The van der Waals surface area contributed by atoms with E-state index in [-0.39, 0.29) is 18.2 Å². The van der Waals surface area contributed by atoms with Crippen molar-refractivity contribution in [2.75, 3.05) is 13.1 Å². The van der Waals surface area contributed by atoms with Gasteiger partial charge in [-0.05, 0) is 52.2 Å². The zero-order valence-corrected chi connectivity index (χ0v) is 13.9. The van der Waals surface area contributed by atoms with E-state index in [1.165, 1.54) is 6.07 Å². The van der Waals surface area contributed by atoms with Crippen molar-refractivity contribution in [1.82, 2.24) is 10.6 Å². The summed E-state index contributed by atoms with van der Waals surface area (Å²) in [5.74, 6) is -0.535. The normalized spacial score (nSPS) is 10.3. The second kappa shape index (κ2) is 8.00. The van der Waals surface area contributed by atoms with Crippen LogP contribution >= 0.6 is 27.5 Å². The van der Waals surface area contributed by atoms with Crippen LogP contribution in [0, 0.1) is 0 Å². The van der Waals surface area contributed by atoms with Gasteiger partial charge in [0.2, 0.25) is 5.91 Å². The van der Waals surface area contributed by atoms with E-state index in [2.05, 4.69) is 26.6 Å². The van der Waals surface area contributed by atoms with E-state index in [0.29, 0.717) is 22.7 Å². The van der Waals surface area contributed by atoms with E-state index in [1.54, 1.807) is 18.2 Å². The van der Waals surface area contributed by atoms with Crippen LogP contribution < -0.4 is 10.6 Å². The van der Waals surface area contributed by atoms with E-state index in [0.717, 1.165) is 5.56 Å². The predicted molar refractivity (Wildman–Crippen MR) is 86.9 cm³/mol. The fourth-order valence-corrected chi connectivity index (χ4v) is 2.18. The van der Waals surface area contributed by atoms with Gasteiger partial charge in [0.1, 0.15) is 0 Å². The van der Waals surface area contributed by atoms with Gasteiger partial charge in [-0.3, -0.25) is 9.59 Å². The number of benzene rings is 1. The SMILES string of the molecule is O=C(CNC(=O)c1ccc(Br)o1)NCCc1ccc(Cl)cc1. The number of halogens is 2. The molecule has 0 unspecified atom stereocenters. The largest absolute Gasteiger partial charge is 0.444 e. The number of carbonyl (C=O) groups excluding carboxylic acids is 2. The van der Waals surface area contributed by atoms with E-state index < -0.39 is 5.91 Å². The third kappa shape index (κ3) is 5.20. The summed E-state index contributed by atoms with van der Waals surface area (Å²) in [5.41, 5.74) is 1.08. The highest BCUT2D eigenvalue weighted by Crippen LogP contribution is 2.13. The zero-order chi connectivity index (χ0) is 15.9. The molecule has 0 aliphatic carbocycles. The highest BCUT2D eigenvalue weighted by molar-refractivity contribution is 9.10.